The van der Waals surface area contributed by atoms with Crippen LogP contribution < -0.4 is 10.7 Å². The number of hydrogen-bond acceptors (Lipinski definition) is 6. The van der Waals surface area contributed by atoms with Gasteiger partial charge in [0.25, 0.3) is 5.91 Å². The Morgan fingerprint density at radius 2 is 2.21 bits per heavy atom. The highest BCUT2D eigenvalue weighted by Crippen LogP contribution is 2.18. The van der Waals surface area contributed by atoms with Crippen LogP contribution in [0.15, 0.2) is 51.5 Å². The van der Waals surface area contributed by atoms with Gasteiger partial charge in [-0.3, -0.25) is 14.9 Å². The second-order valence-electron chi connectivity index (χ2n) is 4.92. The lowest BCUT2D eigenvalue weighted by Gasteiger charge is -2.01. The van der Waals surface area contributed by atoms with Crippen molar-refractivity contribution >= 4 is 39.4 Å². The molecule has 0 saturated heterocycles. The lowest BCUT2D eigenvalue weighted by atomic mass is 10.1. The lowest BCUT2D eigenvalue weighted by Crippen LogP contribution is -2.14. The molecule has 2 heterocycles. The molecule has 2 aromatic heterocycles. The Hall–Kier alpha value is -3.24. The molecule has 24 heavy (non-hydrogen) atoms. The quantitative estimate of drug-likeness (QED) is 0.585. The van der Waals surface area contributed by atoms with Gasteiger partial charge in [-0.1, -0.05) is 12.1 Å². The summed E-state index contributed by atoms with van der Waals surface area (Å²) in [6, 6.07) is 8.57. The first kappa shape index (κ1) is 15.6. The molecule has 0 aliphatic rings. The Morgan fingerprint density at radius 1 is 1.42 bits per heavy atom. The van der Waals surface area contributed by atoms with E-state index in [-0.39, 0.29) is 16.6 Å². The van der Waals surface area contributed by atoms with Crippen LogP contribution in [0.3, 0.4) is 0 Å². The summed E-state index contributed by atoms with van der Waals surface area (Å²) in [4.78, 5) is 29.5. The molecule has 0 radical (unpaired) electrons. The van der Waals surface area contributed by atoms with E-state index in [9.17, 15) is 14.9 Å². The standard InChI is InChI=1S/C17H11N3O3S/c1-10-8-19-17(24-10)20-16(22)11(7-18)6-12-9-23-14-5-3-2-4-13(14)15(12)21/h2-6,8-9H,1H3,(H,19,20,22)/b11-6-. The molecule has 3 aromatic rings. The van der Waals surface area contributed by atoms with Crippen LogP contribution in [0.25, 0.3) is 17.0 Å². The number of rotatable bonds is 3. The molecule has 0 bridgehead atoms. The molecule has 118 valence electrons. The summed E-state index contributed by atoms with van der Waals surface area (Å²) in [7, 11) is 0. The van der Waals surface area contributed by atoms with Gasteiger partial charge in [-0.15, -0.1) is 11.3 Å². The fourth-order valence-electron chi connectivity index (χ4n) is 2.07. The van der Waals surface area contributed by atoms with Gasteiger partial charge in [0, 0.05) is 11.1 Å². The summed E-state index contributed by atoms with van der Waals surface area (Å²) < 4.78 is 5.37. The Labute approximate surface area is 140 Å². The predicted molar refractivity (Wildman–Crippen MR) is 91.6 cm³/mol. The van der Waals surface area contributed by atoms with Crippen molar-refractivity contribution in [2.45, 2.75) is 6.92 Å². The maximum absolute atomic E-state index is 12.4. The molecular formula is C17H11N3O3S. The Morgan fingerprint density at radius 3 is 2.92 bits per heavy atom. The number of benzene rings is 1. The Kier molecular flexibility index (Phi) is 4.22. The normalized spacial score (nSPS) is 11.2. The number of amides is 1. The number of hydrogen-bond donors (Lipinski definition) is 1. The number of nitriles is 1. The second-order valence-corrected chi connectivity index (χ2v) is 6.15. The van der Waals surface area contributed by atoms with Gasteiger partial charge in [-0.05, 0) is 25.1 Å². The minimum atomic E-state index is -0.626. The van der Waals surface area contributed by atoms with Crippen LogP contribution in [-0.2, 0) is 4.79 Å². The summed E-state index contributed by atoms with van der Waals surface area (Å²) in [6.45, 7) is 1.86. The van der Waals surface area contributed by atoms with Gasteiger partial charge in [0.1, 0.15) is 23.5 Å². The van der Waals surface area contributed by atoms with Crippen LogP contribution in [0.2, 0.25) is 0 Å². The molecule has 0 saturated carbocycles. The molecule has 0 unspecified atom stereocenters. The van der Waals surface area contributed by atoms with Gasteiger partial charge >= 0.3 is 0 Å². The van der Waals surface area contributed by atoms with Crippen LogP contribution >= 0.6 is 11.3 Å². The predicted octanol–water partition coefficient (Wildman–Crippen LogP) is 3.10. The molecule has 0 atom stereocenters. The van der Waals surface area contributed by atoms with Crippen molar-refractivity contribution in [2.24, 2.45) is 0 Å². The number of aromatic nitrogens is 1. The maximum Gasteiger partial charge on any atom is 0.268 e. The first-order valence-electron chi connectivity index (χ1n) is 6.94. The van der Waals surface area contributed by atoms with Crippen LogP contribution in [0, 0.1) is 18.3 Å². The number of carbonyl (C=O) groups is 1. The van der Waals surface area contributed by atoms with E-state index < -0.39 is 5.91 Å². The van der Waals surface area contributed by atoms with E-state index >= 15 is 0 Å². The molecule has 1 aromatic carbocycles. The van der Waals surface area contributed by atoms with E-state index in [1.54, 1.807) is 36.5 Å². The first-order valence-corrected chi connectivity index (χ1v) is 7.76. The zero-order chi connectivity index (χ0) is 17.1. The SMILES string of the molecule is Cc1cnc(NC(=O)/C(C#N)=C\c2coc3ccccc3c2=O)s1. The molecular weight excluding hydrogens is 326 g/mol. The molecule has 0 aliphatic heterocycles. The highest BCUT2D eigenvalue weighted by Gasteiger charge is 2.13. The Balaban J connectivity index is 1.96. The molecule has 1 amide bonds. The van der Waals surface area contributed by atoms with E-state index in [4.69, 9.17) is 4.42 Å². The number of para-hydroxylation sites is 1. The summed E-state index contributed by atoms with van der Waals surface area (Å²) in [6.07, 6.45) is 4.07. The van der Waals surface area contributed by atoms with Gasteiger partial charge < -0.3 is 4.42 Å². The maximum atomic E-state index is 12.4. The average Bonchev–Trinajstić information content (AvgIpc) is 2.99. The monoisotopic (exact) mass is 337 g/mol. The summed E-state index contributed by atoms with van der Waals surface area (Å²) in [5.74, 6) is -0.626. The number of anilines is 1. The van der Waals surface area contributed by atoms with Crippen LogP contribution in [0.5, 0.6) is 0 Å². The summed E-state index contributed by atoms with van der Waals surface area (Å²) in [5, 5.41) is 12.5. The summed E-state index contributed by atoms with van der Waals surface area (Å²) >= 11 is 1.30. The van der Waals surface area contributed by atoms with Crippen molar-refractivity contribution in [3.63, 3.8) is 0 Å². The van der Waals surface area contributed by atoms with Crippen LogP contribution in [0.4, 0.5) is 5.13 Å². The van der Waals surface area contributed by atoms with E-state index in [0.29, 0.717) is 16.1 Å². The van der Waals surface area contributed by atoms with E-state index in [0.717, 1.165) is 4.88 Å². The molecule has 6 nitrogen and oxygen atoms in total. The fourth-order valence-corrected chi connectivity index (χ4v) is 2.73. The highest BCUT2D eigenvalue weighted by molar-refractivity contribution is 7.15. The van der Waals surface area contributed by atoms with Crippen molar-refractivity contribution in [3.8, 4) is 6.07 Å². The number of nitrogens with one attached hydrogen (secondary N) is 1. The van der Waals surface area contributed by atoms with Gasteiger partial charge in [-0.25, -0.2) is 4.98 Å². The number of fused-ring (bicyclic) bond motifs is 1. The van der Waals surface area contributed by atoms with Gasteiger partial charge in [-0.2, -0.15) is 5.26 Å². The minimum absolute atomic E-state index is 0.135. The summed E-state index contributed by atoms with van der Waals surface area (Å²) in [5.41, 5.74) is 0.0736. The number of carbonyl (C=O) groups excluding carboxylic acids is 1. The lowest BCUT2D eigenvalue weighted by molar-refractivity contribution is -0.112. The number of aryl methyl sites for hydroxylation is 1. The third-order valence-corrected chi connectivity index (χ3v) is 4.04. The fraction of sp³-hybridized carbons (Fsp3) is 0.0588. The van der Waals surface area contributed by atoms with Crippen molar-refractivity contribution in [1.29, 1.82) is 5.26 Å². The highest BCUT2D eigenvalue weighted by atomic mass is 32.1. The van der Waals surface area contributed by atoms with Crippen molar-refractivity contribution in [3.05, 3.63) is 63.0 Å². The van der Waals surface area contributed by atoms with Crippen LogP contribution in [-0.4, -0.2) is 10.9 Å². The smallest absolute Gasteiger partial charge is 0.268 e. The van der Waals surface area contributed by atoms with Crippen molar-refractivity contribution < 1.29 is 9.21 Å². The molecule has 0 aliphatic carbocycles. The third kappa shape index (κ3) is 3.09. The van der Waals surface area contributed by atoms with Gasteiger partial charge in [0.2, 0.25) is 0 Å². The zero-order valence-electron chi connectivity index (χ0n) is 12.6. The number of nitrogens with zero attached hydrogens (tertiary/aromatic N) is 2. The van der Waals surface area contributed by atoms with Crippen LogP contribution in [0.1, 0.15) is 10.4 Å². The Bertz CT molecular complexity index is 1060. The van der Waals surface area contributed by atoms with E-state index in [1.165, 1.54) is 23.7 Å². The minimum Gasteiger partial charge on any atom is -0.463 e. The zero-order valence-corrected chi connectivity index (χ0v) is 13.4. The second kappa shape index (κ2) is 6.48. The molecule has 7 heteroatoms. The third-order valence-electron chi connectivity index (χ3n) is 3.21. The topological polar surface area (TPSA) is 96.0 Å². The number of thiazole rings is 1. The molecule has 0 spiro atoms. The van der Waals surface area contributed by atoms with Crippen molar-refractivity contribution in [1.82, 2.24) is 4.98 Å². The van der Waals surface area contributed by atoms with E-state index in [1.807, 2.05) is 6.92 Å². The van der Waals surface area contributed by atoms with Gasteiger partial charge in [0.15, 0.2) is 10.6 Å². The van der Waals surface area contributed by atoms with Gasteiger partial charge in [0.05, 0.1) is 10.9 Å². The average molecular weight is 337 g/mol. The first-order chi connectivity index (χ1) is 11.6. The largest absolute Gasteiger partial charge is 0.463 e. The molecule has 0 fully saturated rings. The molecule has 1 N–H and O–H groups in total. The molecule has 3 rings (SSSR count). The van der Waals surface area contributed by atoms with Crippen molar-refractivity contribution in [2.75, 3.05) is 5.32 Å². The van der Waals surface area contributed by atoms with E-state index in [2.05, 4.69) is 10.3 Å².